The number of hydrogen-bond donors (Lipinski definition) is 1. The van der Waals surface area contributed by atoms with Crippen LogP contribution in [0.1, 0.15) is 37.7 Å². The average molecular weight is 381 g/mol. The monoisotopic (exact) mass is 380 g/mol. The number of nitrogens with one attached hydrogen (secondary N) is 1. The Morgan fingerprint density at radius 1 is 1.33 bits per heavy atom. The highest BCUT2D eigenvalue weighted by Crippen LogP contribution is 2.39. The summed E-state index contributed by atoms with van der Waals surface area (Å²) in [6.45, 7) is 0. The molecule has 1 saturated carbocycles. The molecule has 2 aliphatic rings. The second-order valence-electron chi connectivity index (χ2n) is 5.71. The molecule has 1 aliphatic heterocycles. The fraction of sp³-hybridized carbons (Fsp3) is 0.375. The van der Waals surface area contributed by atoms with Crippen molar-refractivity contribution < 1.29 is 9.72 Å². The zero-order chi connectivity index (χ0) is 17.1. The van der Waals surface area contributed by atoms with Crippen molar-refractivity contribution in [2.24, 2.45) is 0 Å². The maximum absolute atomic E-state index is 11.7. The van der Waals surface area contributed by atoms with Gasteiger partial charge in [-0.1, -0.05) is 49.3 Å². The molecule has 24 heavy (non-hydrogen) atoms. The molecule has 1 aromatic carbocycles. The predicted molar refractivity (Wildman–Crippen MR) is 102 cm³/mol. The van der Waals surface area contributed by atoms with Crippen molar-refractivity contribution in [2.45, 2.75) is 42.2 Å². The van der Waals surface area contributed by atoms with Crippen molar-refractivity contribution in [1.29, 1.82) is 0 Å². The number of thiocarbonyl (C=S) groups is 1. The summed E-state index contributed by atoms with van der Waals surface area (Å²) >= 11 is 7.72. The van der Waals surface area contributed by atoms with E-state index < -0.39 is 0 Å². The first-order chi connectivity index (χ1) is 11.5. The Bertz CT molecular complexity index is 727. The van der Waals surface area contributed by atoms with Gasteiger partial charge in [0.2, 0.25) is 0 Å². The number of hydrogen-bond acceptors (Lipinski definition) is 6. The van der Waals surface area contributed by atoms with Gasteiger partial charge in [-0.15, -0.1) is 11.8 Å². The van der Waals surface area contributed by atoms with Gasteiger partial charge in [-0.3, -0.25) is 14.9 Å². The molecule has 2 fully saturated rings. The third-order valence-electron chi connectivity index (χ3n) is 3.97. The first-order valence-electron chi connectivity index (χ1n) is 7.73. The van der Waals surface area contributed by atoms with Crippen LogP contribution in [0.15, 0.2) is 28.0 Å². The summed E-state index contributed by atoms with van der Waals surface area (Å²) in [5.74, 6) is -0.256. The van der Waals surface area contributed by atoms with E-state index >= 15 is 0 Å². The Hall–Kier alpha value is -1.38. The number of nitro benzene ring substituents is 1. The lowest BCUT2D eigenvalue weighted by molar-refractivity contribution is -0.387. The summed E-state index contributed by atoms with van der Waals surface area (Å²) < 4.78 is 0.408. The van der Waals surface area contributed by atoms with Crippen LogP contribution in [0.5, 0.6) is 0 Å². The second kappa shape index (κ2) is 7.67. The summed E-state index contributed by atoms with van der Waals surface area (Å²) in [4.78, 5) is 24.0. The summed E-state index contributed by atoms with van der Waals surface area (Å²) in [5.41, 5.74) is 0.739. The molecule has 3 rings (SSSR count). The minimum atomic E-state index is -0.348. The third kappa shape index (κ3) is 4.17. The number of carbonyl (C=O) groups is 1. The molecule has 126 valence electrons. The molecule has 1 heterocycles. The Morgan fingerprint density at radius 2 is 2.08 bits per heavy atom. The number of thioether (sulfide) groups is 2. The predicted octanol–water partition coefficient (Wildman–Crippen LogP) is 4.51. The zero-order valence-electron chi connectivity index (χ0n) is 12.8. The van der Waals surface area contributed by atoms with Crippen molar-refractivity contribution in [3.63, 3.8) is 0 Å². The molecule has 1 aromatic rings. The maximum Gasteiger partial charge on any atom is 0.283 e. The number of amides is 1. The molecule has 1 N–H and O–H groups in total. The highest BCUT2D eigenvalue weighted by atomic mass is 32.2. The van der Waals surface area contributed by atoms with Crippen molar-refractivity contribution in [1.82, 2.24) is 5.32 Å². The number of rotatable bonds is 4. The van der Waals surface area contributed by atoms with Crippen LogP contribution in [0, 0.1) is 10.1 Å². The van der Waals surface area contributed by atoms with Gasteiger partial charge in [-0.25, -0.2) is 0 Å². The third-order valence-corrected chi connectivity index (χ3v) is 6.53. The highest BCUT2D eigenvalue weighted by molar-refractivity contribution is 8.26. The van der Waals surface area contributed by atoms with Crippen molar-refractivity contribution in [3.05, 3.63) is 38.8 Å². The lowest BCUT2D eigenvalue weighted by atomic mass is 10.0. The fourth-order valence-electron chi connectivity index (χ4n) is 2.80. The van der Waals surface area contributed by atoms with E-state index in [4.69, 9.17) is 12.2 Å². The van der Waals surface area contributed by atoms with Crippen LogP contribution in [-0.4, -0.2) is 20.4 Å². The quantitative estimate of drug-likeness (QED) is 0.359. The molecule has 1 saturated heterocycles. The van der Waals surface area contributed by atoms with E-state index in [1.54, 1.807) is 23.9 Å². The van der Waals surface area contributed by atoms with Gasteiger partial charge in [0.15, 0.2) is 0 Å². The van der Waals surface area contributed by atoms with Crippen LogP contribution < -0.4 is 5.32 Å². The van der Waals surface area contributed by atoms with E-state index in [0.29, 0.717) is 24.9 Å². The SMILES string of the molecule is O=C1NC(=S)S/C1=C/c1ccc(SC2CCCCC2)c([N+](=O)[O-])c1. The Labute approximate surface area is 153 Å². The van der Waals surface area contributed by atoms with Gasteiger partial charge in [0, 0.05) is 11.3 Å². The second-order valence-corrected chi connectivity index (χ2v) is 8.78. The lowest BCUT2D eigenvalue weighted by Gasteiger charge is -2.20. The van der Waals surface area contributed by atoms with Crippen LogP contribution in [0.25, 0.3) is 6.08 Å². The number of nitrogens with zero attached hydrogens (tertiary/aromatic N) is 1. The number of nitro groups is 1. The first-order valence-corrected chi connectivity index (χ1v) is 9.83. The number of benzene rings is 1. The molecular weight excluding hydrogens is 364 g/mol. The summed E-state index contributed by atoms with van der Waals surface area (Å²) in [6, 6.07) is 5.15. The minimum Gasteiger partial charge on any atom is -0.307 e. The molecule has 0 bridgehead atoms. The average Bonchev–Trinajstić information content (AvgIpc) is 2.87. The molecule has 0 atom stereocenters. The molecule has 8 heteroatoms. The Kier molecular flexibility index (Phi) is 5.57. The standard InChI is InChI=1S/C16H16N2O3S3/c19-15-14(24-16(22)17-15)9-10-6-7-13(12(8-10)18(20)21)23-11-4-2-1-3-5-11/h6-9,11H,1-5H2,(H,17,19,22)/b14-9+. The molecule has 0 radical (unpaired) electrons. The van der Waals surface area contributed by atoms with Gasteiger partial charge in [0.05, 0.1) is 14.7 Å². The van der Waals surface area contributed by atoms with Crippen LogP contribution in [0.3, 0.4) is 0 Å². The normalized spacial score (nSPS) is 20.4. The van der Waals surface area contributed by atoms with E-state index in [0.717, 1.165) is 12.8 Å². The number of carbonyl (C=O) groups excluding carboxylic acids is 1. The van der Waals surface area contributed by atoms with Gasteiger partial charge in [-0.05, 0) is 30.5 Å². The van der Waals surface area contributed by atoms with Gasteiger partial charge in [0.1, 0.15) is 4.32 Å². The molecule has 0 spiro atoms. The van der Waals surface area contributed by atoms with E-state index in [-0.39, 0.29) is 16.5 Å². The van der Waals surface area contributed by atoms with E-state index in [1.165, 1.54) is 37.1 Å². The topological polar surface area (TPSA) is 72.2 Å². The zero-order valence-corrected chi connectivity index (χ0v) is 15.3. The summed E-state index contributed by atoms with van der Waals surface area (Å²) in [5, 5.41) is 14.4. The van der Waals surface area contributed by atoms with Crippen LogP contribution in [-0.2, 0) is 4.79 Å². The minimum absolute atomic E-state index is 0.103. The van der Waals surface area contributed by atoms with Gasteiger partial charge < -0.3 is 5.32 Å². The fourth-order valence-corrected chi connectivity index (χ4v) is 5.17. The van der Waals surface area contributed by atoms with E-state index in [2.05, 4.69) is 5.32 Å². The Balaban J connectivity index is 1.84. The summed E-state index contributed by atoms with van der Waals surface area (Å²) in [6.07, 6.45) is 7.52. The molecule has 5 nitrogen and oxygen atoms in total. The van der Waals surface area contributed by atoms with Gasteiger partial charge in [0.25, 0.3) is 11.6 Å². The largest absolute Gasteiger partial charge is 0.307 e. The van der Waals surface area contributed by atoms with Crippen LogP contribution in [0.4, 0.5) is 5.69 Å². The van der Waals surface area contributed by atoms with Crippen molar-refractivity contribution in [2.75, 3.05) is 0 Å². The van der Waals surface area contributed by atoms with E-state index in [9.17, 15) is 14.9 Å². The molecule has 1 aliphatic carbocycles. The van der Waals surface area contributed by atoms with Gasteiger partial charge in [-0.2, -0.15) is 0 Å². The van der Waals surface area contributed by atoms with Crippen LogP contribution >= 0.6 is 35.7 Å². The van der Waals surface area contributed by atoms with Crippen molar-refractivity contribution in [3.8, 4) is 0 Å². The Morgan fingerprint density at radius 3 is 2.71 bits per heavy atom. The smallest absolute Gasteiger partial charge is 0.283 e. The van der Waals surface area contributed by atoms with Crippen LogP contribution in [0.2, 0.25) is 0 Å². The first kappa shape index (κ1) is 17.4. The summed E-state index contributed by atoms with van der Waals surface area (Å²) in [7, 11) is 0. The molecule has 1 amide bonds. The molecular formula is C16H16N2O3S3. The lowest BCUT2D eigenvalue weighted by Crippen LogP contribution is -2.17. The molecule has 0 aromatic heterocycles. The van der Waals surface area contributed by atoms with Gasteiger partial charge >= 0.3 is 0 Å². The van der Waals surface area contributed by atoms with E-state index in [1.807, 2.05) is 6.07 Å². The highest BCUT2D eigenvalue weighted by Gasteiger charge is 2.24. The maximum atomic E-state index is 11.7. The molecule has 0 unspecified atom stereocenters. The van der Waals surface area contributed by atoms with Crippen molar-refractivity contribution >= 4 is 57.7 Å².